The van der Waals surface area contributed by atoms with Gasteiger partial charge < -0.3 is 9.15 Å². The summed E-state index contributed by atoms with van der Waals surface area (Å²) in [6.45, 7) is 4.41. The summed E-state index contributed by atoms with van der Waals surface area (Å²) in [6.07, 6.45) is 1.65. The van der Waals surface area contributed by atoms with Crippen molar-refractivity contribution in [2.24, 2.45) is 0 Å². The molecule has 6 nitrogen and oxygen atoms in total. The number of aromatic nitrogens is 1. The lowest BCUT2D eigenvalue weighted by molar-refractivity contribution is 0.0970. The van der Waals surface area contributed by atoms with Gasteiger partial charge >= 0.3 is 0 Å². The van der Waals surface area contributed by atoms with Crippen molar-refractivity contribution < 1.29 is 13.9 Å². The molecule has 154 valence electrons. The first-order chi connectivity index (χ1) is 15.1. The third kappa shape index (κ3) is 3.08. The van der Waals surface area contributed by atoms with Crippen molar-refractivity contribution in [2.45, 2.75) is 19.9 Å². The Bertz CT molecular complexity index is 1360. The van der Waals surface area contributed by atoms with E-state index in [-0.39, 0.29) is 17.1 Å². The number of carbonyl (C=O) groups excluding carboxylic acids is 1. The Morgan fingerprint density at radius 3 is 2.58 bits per heavy atom. The topological polar surface area (TPSA) is 72.6 Å². The Morgan fingerprint density at radius 1 is 1.06 bits per heavy atom. The number of carbonyl (C=O) groups is 1. The highest BCUT2D eigenvalue weighted by Gasteiger charge is 2.44. The second kappa shape index (κ2) is 7.40. The molecule has 0 aliphatic carbocycles. The van der Waals surface area contributed by atoms with Crippen LogP contribution in [0.25, 0.3) is 11.0 Å². The molecule has 0 saturated carbocycles. The maximum atomic E-state index is 13.5. The van der Waals surface area contributed by atoms with E-state index in [9.17, 15) is 9.59 Å². The molecule has 0 fully saturated rings. The van der Waals surface area contributed by atoms with Crippen molar-refractivity contribution in [1.82, 2.24) is 4.98 Å². The van der Waals surface area contributed by atoms with Gasteiger partial charge in [-0.05, 0) is 61.4 Å². The largest absolute Gasteiger partial charge is 0.494 e. The third-order valence-corrected chi connectivity index (χ3v) is 5.43. The quantitative estimate of drug-likeness (QED) is 0.488. The first kappa shape index (κ1) is 19.1. The van der Waals surface area contributed by atoms with Crippen LogP contribution in [0.3, 0.4) is 0 Å². The van der Waals surface area contributed by atoms with Crippen molar-refractivity contribution in [3.63, 3.8) is 0 Å². The van der Waals surface area contributed by atoms with Crippen LogP contribution in [0.4, 0.5) is 5.82 Å². The Kier molecular flexibility index (Phi) is 4.55. The smallest absolute Gasteiger partial charge is 0.296 e. The summed E-state index contributed by atoms with van der Waals surface area (Å²) in [7, 11) is 0. The summed E-state index contributed by atoms with van der Waals surface area (Å²) in [6, 6.07) is 17.4. The van der Waals surface area contributed by atoms with E-state index < -0.39 is 6.04 Å². The molecule has 4 aromatic rings. The first-order valence-corrected chi connectivity index (χ1v) is 10.1. The summed E-state index contributed by atoms with van der Waals surface area (Å²) in [4.78, 5) is 32.9. The normalized spacial score (nSPS) is 15.4. The van der Waals surface area contributed by atoms with Crippen molar-refractivity contribution in [3.8, 4) is 5.75 Å². The van der Waals surface area contributed by atoms with Gasteiger partial charge in [0.2, 0.25) is 5.76 Å². The van der Waals surface area contributed by atoms with Crippen LogP contribution in [-0.2, 0) is 0 Å². The molecule has 0 radical (unpaired) electrons. The van der Waals surface area contributed by atoms with Crippen LogP contribution >= 0.6 is 0 Å². The van der Waals surface area contributed by atoms with E-state index in [0.717, 1.165) is 16.9 Å². The zero-order chi connectivity index (χ0) is 21.5. The molecular weight excluding hydrogens is 392 g/mol. The molecule has 1 aliphatic rings. The standard InChI is InChI=1S/C25H20N2O4/c1-3-30-17-10-8-16(9-11-17)22-21-23(28)18-6-4-5-7-19(18)31-24(21)25(29)27(22)20-14-15(2)12-13-26-20/h4-14,22H,3H2,1-2H3. The zero-order valence-electron chi connectivity index (χ0n) is 17.2. The van der Waals surface area contributed by atoms with E-state index >= 15 is 0 Å². The maximum Gasteiger partial charge on any atom is 0.296 e. The number of para-hydroxylation sites is 1. The SMILES string of the molecule is CCOc1ccc(C2c3c(oc4ccccc4c3=O)C(=O)N2c2cc(C)ccn2)cc1. The number of hydrogen-bond acceptors (Lipinski definition) is 5. The number of ether oxygens (including phenoxy) is 1. The molecule has 3 heterocycles. The molecule has 1 atom stereocenters. The van der Waals surface area contributed by atoms with Crippen molar-refractivity contribution in [2.75, 3.05) is 11.5 Å². The van der Waals surface area contributed by atoms with E-state index in [1.54, 1.807) is 30.5 Å². The molecule has 1 amide bonds. The minimum absolute atomic E-state index is 0.0610. The number of benzene rings is 2. The molecule has 2 aromatic carbocycles. The van der Waals surface area contributed by atoms with Crippen LogP contribution in [-0.4, -0.2) is 17.5 Å². The summed E-state index contributed by atoms with van der Waals surface area (Å²) in [5, 5.41) is 0.448. The van der Waals surface area contributed by atoms with Crippen LogP contribution in [0.15, 0.2) is 76.1 Å². The number of rotatable bonds is 4. The number of anilines is 1. The van der Waals surface area contributed by atoms with E-state index in [4.69, 9.17) is 9.15 Å². The molecule has 2 aromatic heterocycles. The predicted octanol–water partition coefficient (Wildman–Crippen LogP) is 4.64. The molecule has 0 spiro atoms. The van der Waals surface area contributed by atoms with Gasteiger partial charge in [-0.1, -0.05) is 24.3 Å². The fourth-order valence-corrected chi connectivity index (χ4v) is 4.04. The number of nitrogens with zero attached hydrogens (tertiary/aromatic N) is 2. The van der Waals surface area contributed by atoms with Gasteiger partial charge in [-0.15, -0.1) is 0 Å². The van der Waals surface area contributed by atoms with Gasteiger partial charge in [0.25, 0.3) is 5.91 Å². The third-order valence-electron chi connectivity index (χ3n) is 5.43. The highest BCUT2D eigenvalue weighted by molar-refractivity contribution is 6.10. The average Bonchev–Trinajstić information content (AvgIpc) is 3.07. The average molecular weight is 412 g/mol. The number of aryl methyl sites for hydroxylation is 1. The molecule has 31 heavy (non-hydrogen) atoms. The zero-order valence-corrected chi connectivity index (χ0v) is 17.2. The Morgan fingerprint density at radius 2 is 1.84 bits per heavy atom. The number of fused-ring (bicyclic) bond motifs is 2. The van der Waals surface area contributed by atoms with Gasteiger partial charge in [-0.25, -0.2) is 4.98 Å². The van der Waals surface area contributed by atoms with Crippen LogP contribution < -0.4 is 15.1 Å². The molecule has 0 bridgehead atoms. The monoisotopic (exact) mass is 412 g/mol. The number of hydrogen-bond donors (Lipinski definition) is 0. The summed E-state index contributed by atoms with van der Waals surface area (Å²) >= 11 is 0. The lowest BCUT2D eigenvalue weighted by Gasteiger charge is -2.24. The van der Waals surface area contributed by atoms with Gasteiger partial charge in [0.15, 0.2) is 5.43 Å². The highest BCUT2D eigenvalue weighted by Crippen LogP contribution is 2.41. The van der Waals surface area contributed by atoms with Crippen LogP contribution in [0, 0.1) is 6.92 Å². The highest BCUT2D eigenvalue weighted by atomic mass is 16.5. The summed E-state index contributed by atoms with van der Waals surface area (Å²) in [5.74, 6) is 0.876. The van der Waals surface area contributed by atoms with Crippen LogP contribution in [0.2, 0.25) is 0 Å². The molecule has 0 saturated heterocycles. The number of amides is 1. The molecule has 0 N–H and O–H groups in total. The molecule has 5 rings (SSSR count). The van der Waals surface area contributed by atoms with Gasteiger partial charge in [0.05, 0.1) is 23.6 Å². The van der Waals surface area contributed by atoms with Crippen molar-refractivity contribution in [3.05, 3.63) is 99.5 Å². The minimum atomic E-state index is -0.645. The van der Waals surface area contributed by atoms with Gasteiger partial charge in [0, 0.05) is 6.20 Å². The van der Waals surface area contributed by atoms with Crippen LogP contribution in [0.5, 0.6) is 5.75 Å². The molecule has 1 aliphatic heterocycles. The molecule has 1 unspecified atom stereocenters. The van der Waals surface area contributed by atoms with Crippen molar-refractivity contribution in [1.29, 1.82) is 0 Å². The maximum absolute atomic E-state index is 13.5. The predicted molar refractivity (Wildman–Crippen MR) is 118 cm³/mol. The Hall–Kier alpha value is -3.93. The second-order valence-electron chi connectivity index (χ2n) is 7.44. The van der Waals surface area contributed by atoms with E-state index in [0.29, 0.717) is 29.0 Å². The lowest BCUT2D eigenvalue weighted by Crippen LogP contribution is -2.30. The van der Waals surface area contributed by atoms with Gasteiger partial charge in [-0.2, -0.15) is 0 Å². The number of pyridine rings is 1. The first-order valence-electron chi connectivity index (χ1n) is 10.1. The van der Waals surface area contributed by atoms with E-state index in [1.165, 1.54) is 4.90 Å². The van der Waals surface area contributed by atoms with E-state index in [2.05, 4.69) is 4.98 Å². The molecule has 6 heteroatoms. The second-order valence-corrected chi connectivity index (χ2v) is 7.44. The minimum Gasteiger partial charge on any atom is -0.494 e. The molecular formula is C25H20N2O4. The Balaban J connectivity index is 1.76. The summed E-state index contributed by atoms with van der Waals surface area (Å²) in [5.41, 5.74) is 2.25. The van der Waals surface area contributed by atoms with Gasteiger partial charge in [0.1, 0.15) is 17.2 Å². The fourth-order valence-electron chi connectivity index (χ4n) is 4.04. The van der Waals surface area contributed by atoms with Crippen molar-refractivity contribution >= 4 is 22.7 Å². The van der Waals surface area contributed by atoms with E-state index in [1.807, 2.05) is 50.2 Å². The fraction of sp³-hybridized carbons (Fsp3) is 0.160. The van der Waals surface area contributed by atoms with Crippen LogP contribution in [0.1, 0.15) is 40.2 Å². The van der Waals surface area contributed by atoms with Gasteiger partial charge in [-0.3, -0.25) is 14.5 Å². The Labute approximate surface area is 178 Å². The lowest BCUT2D eigenvalue weighted by atomic mass is 9.98. The summed E-state index contributed by atoms with van der Waals surface area (Å²) < 4.78 is 11.5.